The van der Waals surface area contributed by atoms with Crippen molar-refractivity contribution in [3.63, 3.8) is 0 Å². The summed E-state index contributed by atoms with van der Waals surface area (Å²) in [4.78, 5) is 12.5. The Bertz CT molecular complexity index is 683. The Balaban J connectivity index is 1.62. The van der Waals surface area contributed by atoms with Gasteiger partial charge in [-0.3, -0.25) is 4.79 Å². The van der Waals surface area contributed by atoms with Gasteiger partial charge >= 0.3 is 0 Å². The van der Waals surface area contributed by atoms with Gasteiger partial charge in [0.1, 0.15) is 18.2 Å². The summed E-state index contributed by atoms with van der Waals surface area (Å²) in [6.07, 6.45) is 2.88. The van der Waals surface area contributed by atoms with E-state index in [9.17, 15) is 9.18 Å². The van der Waals surface area contributed by atoms with Crippen LogP contribution >= 0.6 is 15.9 Å². The second-order valence-corrected chi connectivity index (χ2v) is 6.46. The van der Waals surface area contributed by atoms with Crippen LogP contribution in [0.1, 0.15) is 12.0 Å². The van der Waals surface area contributed by atoms with Gasteiger partial charge < -0.3 is 9.30 Å². The molecule has 0 saturated heterocycles. The van der Waals surface area contributed by atoms with E-state index in [2.05, 4.69) is 15.9 Å². The molecular formula is C16H15BrFNO2. The summed E-state index contributed by atoms with van der Waals surface area (Å²) in [6, 6.07) is 9.40. The smallest absolute Gasteiger partial charge is 0.254 e. The number of pyridine rings is 1. The summed E-state index contributed by atoms with van der Waals surface area (Å²) >= 11 is 3.53. The summed E-state index contributed by atoms with van der Waals surface area (Å²) in [5.41, 5.74) is 0.805. The Labute approximate surface area is 130 Å². The molecule has 0 amide bonds. The standard InChI is InChI=1S/C16H15BrFNO2/c17-15-7-12(15)9-19-6-5-14(8-16(19)20)21-10-11-1-3-13(18)4-2-11/h1-6,8,12,15H,7,9-10H2. The van der Waals surface area contributed by atoms with E-state index >= 15 is 0 Å². The monoisotopic (exact) mass is 351 g/mol. The summed E-state index contributed by atoms with van der Waals surface area (Å²) in [5.74, 6) is 0.812. The van der Waals surface area contributed by atoms with Gasteiger partial charge in [-0.25, -0.2) is 4.39 Å². The molecule has 1 aliphatic rings. The molecule has 21 heavy (non-hydrogen) atoms. The Morgan fingerprint density at radius 1 is 1.29 bits per heavy atom. The third-order valence-electron chi connectivity index (χ3n) is 3.55. The van der Waals surface area contributed by atoms with Crippen LogP contribution in [0.25, 0.3) is 0 Å². The van der Waals surface area contributed by atoms with Gasteiger partial charge in [-0.15, -0.1) is 0 Å². The van der Waals surface area contributed by atoms with E-state index < -0.39 is 0 Å². The lowest BCUT2D eigenvalue weighted by Crippen LogP contribution is -2.20. The minimum atomic E-state index is -0.272. The largest absolute Gasteiger partial charge is 0.489 e. The topological polar surface area (TPSA) is 31.2 Å². The van der Waals surface area contributed by atoms with Gasteiger partial charge in [0, 0.05) is 23.6 Å². The van der Waals surface area contributed by atoms with Gasteiger partial charge in [0.05, 0.1) is 0 Å². The summed E-state index contributed by atoms with van der Waals surface area (Å²) < 4.78 is 20.1. The highest BCUT2D eigenvalue weighted by Crippen LogP contribution is 2.38. The van der Waals surface area contributed by atoms with Crippen molar-refractivity contribution in [1.82, 2.24) is 4.57 Å². The van der Waals surface area contributed by atoms with Gasteiger partial charge in [0.15, 0.2) is 0 Å². The molecule has 5 heteroatoms. The zero-order valence-corrected chi connectivity index (χ0v) is 12.9. The first-order valence-electron chi connectivity index (χ1n) is 6.83. The zero-order valence-electron chi connectivity index (χ0n) is 11.3. The van der Waals surface area contributed by atoms with Crippen molar-refractivity contribution in [1.29, 1.82) is 0 Å². The number of aromatic nitrogens is 1. The van der Waals surface area contributed by atoms with Crippen molar-refractivity contribution in [3.8, 4) is 5.75 Å². The highest BCUT2D eigenvalue weighted by Gasteiger charge is 2.34. The lowest BCUT2D eigenvalue weighted by atomic mass is 10.2. The second kappa shape index (κ2) is 6.02. The molecule has 1 heterocycles. The summed E-state index contributed by atoms with van der Waals surface area (Å²) in [6.45, 7) is 1.06. The molecule has 0 N–H and O–H groups in total. The SMILES string of the molecule is O=c1cc(OCc2ccc(F)cc2)ccn1CC1CC1Br. The molecule has 2 atom stereocenters. The van der Waals surface area contributed by atoms with Crippen LogP contribution in [0.15, 0.2) is 47.4 Å². The first kappa shape index (κ1) is 14.3. The zero-order chi connectivity index (χ0) is 14.8. The van der Waals surface area contributed by atoms with Gasteiger partial charge in [-0.05, 0) is 36.1 Å². The maximum Gasteiger partial charge on any atom is 0.254 e. The highest BCUT2D eigenvalue weighted by molar-refractivity contribution is 9.09. The number of hydrogen-bond acceptors (Lipinski definition) is 2. The van der Waals surface area contributed by atoms with Crippen LogP contribution in [0, 0.1) is 11.7 Å². The van der Waals surface area contributed by atoms with Crippen LogP contribution in [0.4, 0.5) is 4.39 Å². The minimum Gasteiger partial charge on any atom is -0.489 e. The molecule has 0 spiro atoms. The first-order valence-corrected chi connectivity index (χ1v) is 7.75. The third-order valence-corrected chi connectivity index (χ3v) is 4.68. The van der Waals surface area contributed by atoms with E-state index in [4.69, 9.17) is 4.74 Å². The molecule has 1 aromatic carbocycles. The fraction of sp³-hybridized carbons (Fsp3) is 0.312. The molecule has 1 saturated carbocycles. The fourth-order valence-corrected chi connectivity index (χ4v) is 2.78. The van der Waals surface area contributed by atoms with Crippen molar-refractivity contribution in [2.24, 2.45) is 5.92 Å². The van der Waals surface area contributed by atoms with E-state index in [0.717, 1.165) is 18.5 Å². The summed E-state index contributed by atoms with van der Waals surface area (Å²) in [5, 5.41) is 0. The molecule has 0 bridgehead atoms. The number of benzene rings is 1. The third kappa shape index (κ3) is 3.73. The number of ether oxygens (including phenoxy) is 1. The van der Waals surface area contributed by atoms with Crippen LogP contribution in [0.5, 0.6) is 5.75 Å². The number of rotatable bonds is 5. The van der Waals surface area contributed by atoms with Gasteiger partial charge in [-0.2, -0.15) is 0 Å². The van der Waals surface area contributed by atoms with Crippen molar-refractivity contribution in [3.05, 3.63) is 64.3 Å². The number of hydrogen-bond donors (Lipinski definition) is 0. The van der Waals surface area contributed by atoms with Crippen LogP contribution in [-0.4, -0.2) is 9.39 Å². The minimum absolute atomic E-state index is 0.0572. The molecule has 2 aromatic rings. The maximum absolute atomic E-state index is 12.8. The predicted octanol–water partition coefficient (Wildman–Crippen LogP) is 3.35. The second-order valence-electron chi connectivity index (χ2n) is 5.28. The van der Waals surface area contributed by atoms with Gasteiger partial charge in [0.25, 0.3) is 5.56 Å². The predicted molar refractivity (Wildman–Crippen MR) is 82.3 cm³/mol. The molecule has 1 aromatic heterocycles. The highest BCUT2D eigenvalue weighted by atomic mass is 79.9. The van der Waals surface area contributed by atoms with Crippen molar-refractivity contribution in [2.45, 2.75) is 24.4 Å². The van der Waals surface area contributed by atoms with Crippen LogP contribution in [0.2, 0.25) is 0 Å². The molecule has 1 aliphatic carbocycles. The average molecular weight is 352 g/mol. The lowest BCUT2D eigenvalue weighted by Gasteiger charge is -2.08. The van der Waals surface area contributed by atoms with Gasteiger partial charge in [-0.1, -0.05) is 28.1 Å². The molecule has 0 radical (unpaired) electrons. The molecule has 0 aliphatic heterocycles. The lowest BCUT2D eigenvalue weighted by molar-refractivity contribution is 0.304. The van der Waals surface area contributed by atoms with Crippen LogP contribution < -0.4 is 10.3 Å². The fourth-order valence-electron chi connectivity index (χ4n) is 2.13. The Kier molecular flexibility index (Phi) is 4.10. The van der Waals surface area contributed by atoms with Crippen LogP contribution in [-0.2, 0) is 13.2 Å². The van der Waals surface area contributed by atoms with Crippen molar-refractivity contribution in [2.75, 3.05) is 0 Å². The first-order chi connectivity index (χ1) is 10.1. The van der Waals surface area contributed by atoms with Crippen LogP contribution in [0.3, 0.4) is 0 Å². The van der Waals surface area contributed by atoms with E-state index in [0.29, 0.717) is 23.1 Å². The maximum atomic E-state index is 12.8. The number of nitrogens with zero attached hydrogens (tertiary/aromatic N) is 1. The van der Waals surface area contributed by atoms with E-state index in [1.54, 1.807) is 29.0 Å². The molecule has 2 unspecified atom stereocenters. The normalized spacial score (nSPS) is 20.3. The summed E-state index contributed by atoms with van der Waals surface area (Å²) in [7, 11) is 0. The Hall–Kier alpha value is -1.62. The molecule has 3 nitrogen and oxygen atoms in total. The molecule has 1 fully saturated rings. The molecular weight excluding hydrogens is 337 g/mol. The van der Waals surface area contributed by atoms with Crippen molar-refractivity contribution < 1.29 is 9.13 Å². The number of halogens is 2. The van der Waals surface area contributed by atoms with E-state index in [1.807, 2.05) is 0 Å². The molecule has 110 valence electrons. The van der Waals surface area contributed by atoms with Crippen molar-refractivity contribution >= 4 is 15.9 Å². The average Bonchev–Trinajstić information content (AvgIpc) is 3.16. The quantitative estimate of drug-likeness (QED) is 0.773. The molecule has 3 rings (SSSR count). The Morgan fingerprint density at radius 2 is 2.00 bits per heavy atom. The van der Waals surface area contributed by atoms with Gasteiger partial charge in [0.2, 0.25) is 0 Å². The van der Waals surface area contributed by atoms with E-state index in [1.165, 1.54) is 18.2 Å². The number of alkyl halides is 1. The Morgan fingerprint density at radius 3 is 2.62 bits per heavy atom. The van der Waals surface area contributed by atoms with E-state index in [-0.39, 0.29) is 11.4 Å².